The first kappa shape index (κ1) is 14.5. The van der Waals surface area contributed by atoms with Gasteiger partial charge in [-0.15, -0.1) is 0 Å². The molecular formula is C17H19N3O2. The van der Waals surface area contributed by atoms with Crippen LogP contribution >= 0.6 is 0 Å². The van der Waals surface area contributed by atoms with Gasteiger partial charge in [-0.05, 0) is 24.5 Å². The van der Waals surface area contributed by atoms with Gasteiger partial charge in [0.05, 0.1) is 0 Å². The Hall–Kier alpha value is -2.43. The van der Waals surface area contributed by atoms with E-state index in [2.05, 4.69) is 10.1 Å². The van der Waals surface area contributed by atoms with E-state index in [9.17, 15) is 4.79 Å². The van der Waals surface area contributed by atoms with Crippen LogP contribution in [0.25, 0.3) is 6.08 Å². The van der Waals surface area contributed by atoms with E-state index in [0.717, 1.165) is 24.3 Å². The van der Waals surface area contributed by atoms with Crippen LogP contribution in [0.2, 0.25) is 0 Å². The van der Waals surface area contributed by atoms with Crippen molar-refractivity contribution in [3.63, 3.8) is 0 Å². The molecule has 1 aliphatic carbocycles. The minimum absolute atomic E-state index is 0.0326. The third-order valence-electron chi connectivity index (χ3n) is 3.68. The van der Waals surface area contributed by atoms with Crippen LogP contribution in [0.5, 0.6) is 0 Å². The van der Waals surface area contributed by atoms with Gasteiger partial charge in [0.15, 0.2) is 5.82 Å². The van der Waals surface area contributed by atoms with Gasteiger partial charge in [0.1, 0.15) is 0 Å². The smallest absolute Gasteiger partial charge is 0.246 e. The van der Waals surface area contributed by atoms with Gasteiger partial charge in [-0.3, -0.25) is 4.79 Å². The number of carbonyl (C=O) groups is 1. The molecule has 0 atom stereocenters. The molecule has 1 amide bonds. The molecule has 0 aliphatic heterocycles. The summed E-state index contributed by atoms with van der Waals surface area (Å²) in [5, 5.41) is 3.96. The molecule has 0 bridgehead atoms. The molecule has 22 heavy (non-hydrogen) atoms. The van der Waals surface area contributed by atoms with E-state index in [0.29, 0.717) is 24.7 Å². The SMILES string of the molecule is CN(CCc1noc(C2CC2)n1)C(=O)C=Cc1ccccc1. The Balaban J connectivity index is 1.49. The number of aromatic nitrogens is 2. The van der Waals surface area contributed by atoms with Crippen molar-refractivity contribution in [3.8, 4) is 0 Å². The lowest BCUT2D eigenvalue weighted by Gasteiger charge is -2.13. The normalized spacial score (nSPS) is 14.4. The quantitative estimate of drug-likeness (QED) is 0.769. The fourth-order valence-corrected chi connectivity index (χ4v) is 2.10. The summed E-state index contributed by atoms with van der Waals surface area (Å²) in [6, 6.07) is 9.76. The zero-order valence-corrected chi connectivity index (χ0v) is 12.6. The maximum absolute atomic E-state index is 12.0. The van der Waals surface area contributed by atoms with E-state index in [1.807, 2.05) is 36.4 Å². The van der Waals surface area contributed by atoms with Gasteiger partial charge in [0, 0.05) is 32.0 Å². The number of rotatable bonds is 6. The molecule has 5 heteroatoms. The number of hydrogen-bond donors (Lipinski definition) is 0. The van der Waals surface area contributed by atoms with Gasteiger partial charge in [0.25, 0.3) is 0 Å². The van der Waals surface area contributed by atoms with Crippen LogP contribution in [-0.4, -0.2) is 34.5 Å². The molecule has 3 rings (SSSR count). The Morgan fingerprint density at radius 3 is 2.86 bits per heavy atom. The van der Waals surface area contributed by atoms with E-state index in [1.165, 1.54) is 0 Å². The summed E-state index contributed by atoms with van der Waals surface area (Å²) in [5.74, 6) is 1.85. The average molecular weight is 297 g/mol. The number of likely N-dealkylation sites (N-methyl/N-ethyl adjacent to an activating group) is 1. The van der Waals surface area contributed by atoms with E-state index >= 15 is 0 Å². The molecule has 1 aromatic heterocycles. The van der Waals surface area contributed by atoms with Crippen LogP contribution in [0.15, 0.2) is 40.9 Å². The van der Waals surface area contributed by atoms with Crippen LogP contribution in [-0.2, 0) is 11.2 Å². The van der Waals surface area contributed by atoms with E-state index < -0.39 is 0 Å². The largest absolute Gasteiger partial charge is 0.342 e. The number of hydrogen-bond acceptors (Lipinski definition) is 4. The van der Waals surface area contributed by atoms with Crippen molar-refractivity contribution in [1.29, 1.82) is 0 Å². The van der Waals surface area contributed by atoms with Crippen molar-refractivity contribution >= 4 is 12.0 Å². The van der Waals surface area contributed by atoms with E-state index in [1.54, 1.807) is 18.0 Å². The monoisotopic (exact) mass is 297 g/mol. The fourth-order valence-electron chi connectivity index (χ4n) is 2.10. The molecular weight excluding hydrogens is 278 g/mol. The molecule has 0 saturated heterocycles. The first-order valence-corrected chi connectivity index (χ1v) is 7.53. The third-order valence-corrected chi connectivity index (χ3v) is 3.68. The first-order valence-electron chi connectivity index (χ1n) is 7.53. The lowest BCUT2D eigenvalue weighted by molar-refractivity contribution is -0.124. The lowest BCUT2D eigenvalue weighted by Crippen LogP contribution is -2.27. The molecule has 0 N–H and O–H groups in total. The van der Waals surface area contributed by atoms with Crippen molar-refractivity contribution in [2.75, 3.05) is 13.6 Å². The standard InChI is InChI=1S/C17H19N3O2/c1-20(16(21)10-7-13-5-3-2-4-6-13)12-11-15-18-17(22-19-15)14-8-9-14/h2-7,10,14H,8-9,11-12H2,1H3. The second kappa shape index (κ2) is 6.56. The van der Waals surface area contributed by atoms with Gasteiger partial charge in [-0.25, -0.2) is 0 Å². The Morgan fingerprint density at radius 1 is 1.36 bits per heavy atom. The maximum atomic E-state index is 12.0. The van der Waals surface area contributed by atoms with Crippen molar-refractivity contribution < 1.29 is 9.32 Å². The van der Waals surface area contributed by atoms with Crippen molar-refractivity contribution in [2.45, 2.75) is 25.2 Å². The Bertz CT molecular complexity index is 660. The van der Waals surface area contributed by atoms with E-state index in [4.69, 9.17) is 4.52 Å². The summed E-state index contributed by atoms with van der Waals surface area (Å²) in [6.07, 6.45) is 6.30. The summed E-state index contributed by atoms with van der Waals surface area (Å²) in [5.41, 5.74) is 1.01. The van der Waals surface area contributed by atoms with Crippen LogP contribution in [0, 0.1) is 0 Å². The van der Waals surface area contributed by atoms with Gasteiger partial charge in [0.2, 0.25) is 11.8 Å². The molecule has 5 nitrogen and oxygen atoms in total. The summed E-state index contributed by atoms with van der Waals surface area (Å²) in [4.78, 5) is 18.1. The molecule has 1 fully saturated rings. The second-order valence-electron chi connectivity index (χ2n) is 5.58. The Morgan fingerprint density at radius 2 is 2.14 bits per heavy atom. The van der Waals surface area contributed by atoms with Crippen molar-refractivity contribution in [2.24, 2.45) is 0 Å². The van der Waals surface area contributed by atoms with Gasteiger partial charge in [-0.2, -0.15) is 4.98 Å². The van der Waals surface area contributed by atoms with Crippen LogP contribution in [0.4, 0.5) is 0 Å². The van der Waals surface area contributed by atoms with Crippen molar-refractivity contribution in [1.82, 2.24) is 15.0 Å². The molecule has 114 valence electrons. The number of amides is 1. The van der Waals surface area contributed by atoms with Gasteiger partial charge in [-0.1, -0.05) is 35.5 Å². The maximum Gasteiger partial charge on any atom is 0.246 e. The Kier molecular flexibility index (Phi) is 4.32. The molecule has 0 radical (unpaired) electrons. The minimum atomic E-state index is -0.0326. The fraction of sp³-hybridized carbons (Fsp3) is 0.353. The lowest BCUT2D eigenvalue weighted by atomic mass is 10.2. The predicted molar refractivity (Wildman–Crippen MR) is 83.1 cm³/mol. The zero-order valence-electron chi connectivity index (χ0n) is 12.6. The molecule has 0 spiro atoms. The summed E-state index contributed by atoms with van der Waals surface area (Å²) < 4.78 is 5.21. The van der Waals surface area contributed by atoms with Crippen LogP contribution in [0.1, 0.15) is 36.0 Å². The zero-order chi connectivity index (χ0) is 15.4. The predicted octanol–water partition coefficient (Wildman–Crippen LogP) is 2.66. The summed E-state index contributed by atoms with van der Waals surface area (Å²) in [6.45, 7) is 0.571. The Labute approximate surface area is 129 Å². The minimum Gasteiger partial charge on any atom is -0.342 e. The van der Waals surface area contributed by atoms with Gasteiger partial charge >= 0.3 is 0 Å². The number of benzene rings is 1. The average Bonchev–Trinajstić information content (AvgIpc) is 3.30. The van der Waals surface area contributed by atoms with Crippen LogP contribution < -0.4 is 0 Å². The second-order valence-corrected chi connectivity index (χ2v) is 5.58. The molecule has 1 saturated carbocycles. The van der Waals surface area contributed by atoms with Crippen molar-refractivity contribution in [3.05, 3.63) is 53.7 Å². The molecule has 0 unspecified atom stereocenters. The van der Waals surface area contributed by atoms with Crippen LogP contribution in [0.3, 0.4) is 0 Å². The highest BCUT2D eigenvalue weighted by Crippen LogP contribution is 2.38. The highest BCUT2D eigenvalue weighted by molar-refractivity contribution is 5.91. The number of carbonyl (C=O) groups excluding carboxylic acids is 1. The topological polar surface area (TPSA) is 59.2 Å². The molecule has 2 aromatic rings. The number of nitrogens with zero attached hydrogens (tertiary/aromatic N) is 3. The molecule has 1 heterocycles. The summed E-state index contributed by atoms with van der Waals surface area (Å²) in [7, 11) is 1.78. The summed E-state index contributed by atoms with van der Waals surface area (Å²) >= 11 is 0. The first-order chi connectivity index (χ1) is 10.7. The van der Waals surface area contributed by atoms with Gasteiger partial charge < -0.3 is 9.42 Å². The highest BCUT2D eigenvalue weighted by atomic mass is 16.5. The third kappa shape index (κ3) is 3.81. The van der Waals surface area contributed by atoms with E-state index in [-0.39, 0.29) is 5.91 Å². The molecule has 1 aromatic carbocycles. The molecule has 1 aliphatic rings. The highest BCUT2D eigenvalue weighted by Gasteiger charge is 2.29.